The predicted molar refractivity (Wildman–Crippen MR) is 86.7 cm³/mol. The van der Waals surface area contributed by atoms with E-state index in [1.807, 2.05) is 24.3 Å². The summed E-state index contributed by atoms with van der Waals surface area (Å²) in [5.74, 6) is 0.996. The number of carbonyl (C=O) groups excluding carboxylic acids is 1. The van der Waals surface area contributed by atoms with Crippen molar-refractivity contribution < 1.29 is 9.53 Å². The summed E-state index contributed by atoms with van der Waals surface area (Å²) in [6, 6.07) is 8.31. The zero-order chi connectivity index (χ0) is 15.5. The van der Waals surface area contributed by atoms with E-state index in [0.717, 1.165) is 37.3 Å². The van der Waals surface area contributed by atoms with Gasteiger partial charge in [-0.1, -0.05) is 26.0 Å². The summed E-state index contributed by atoms with van der Waals surface area (Å²) in [7, 11) is 0. The Balaban J connectivity index is 2.26. The highest BCUT2D eigenvalue weighted by molar-refractivity contribution is 5.76. The van der Waals surface area contributed by atoms with E-state index in [2.05, 4.69) is 31.4 Å². The van der Waals surface area contributed by atoms with Crippen LogP contribution in [-0.4, -0.2) is 31.6 Å². The zero-order valence-electron chi connectivity index (χ0n) is 13.4. The molecule has 2 N–H and O–H groups in total. The molecule has 0 aliphatic heterocycles. The smallest absolute Gasteiger partial charge is 0.220 e. The Labute approximate surface area is 128 Å². The van der Waals surface area contributed by atoms with Gasteiger partial charge in [-0.2, -0.15) is 0 Å². The summed E-state index contributed by atoms with van der Waals surface area (Å²) in [5, 5.41) is 6.22. The number of likely N-dealkylation sites (N-methyl/N-ethyl adjacent to an activating group) is 1. The third-order valence-corrected chi connectivity index (χ3v) is 3.19. The van der Waals surface area contributed by atoms with Gasteiger partial charge in [0.2, 0.25) is 5.91 Å². The maximum absolute atomic E-state index is 11.8. The second-order valence-corrected chi connectivity index (χ2v) is 5.26. The van der Waals surface area contributed by atoms with Gasteiger partial charge in [0.15, 0.2) is 0 Å². The first-order chi connectivity index (χ1) is 10.2. The Morgan fingerprint density at radius 2 is 1.95 bits per heavy atom. The molecule has 1 aromatic rings. The van der Waals surface area contributed by atoms with Crippen molar-refractivity contribution in [1.29, 1.82) is 0 Å². The SMILES string of the molecule is CCCOc1ccc(CCC(=O)NC[C@@H](C)NCC)cc1. The normalized spacial score (nSPS) is 12.0. The number of nitrogens with one attached hydrogen (secondary N) is 2. The molecule has 1 aromatic carbocycles. The van der Waals surface area contributed by atoms with Crippen LogP contribution < -0.4 is 15.4 Å². The fourth-order valence-corrected chi connectivity index (χ4v) is 2.01. The van der Waals surface area contributed by atoms with Gasteiger partial charge in [0, 0.05) is 19.0 Å². The van der Waals surface area contributed by atoms with Crippen molar-refractivity contribution in [2.45, 2.75) is 46.1 Å². The largest absolute Gasteiger partial charge is 0.494 e. The molecular weight excluding hydrogens is 264 g/mol. The van der Waals surface area contributed by atoms with Crippen molar-refractivity contribution in [3.05, 3.63) is 29.8 Å². The minimum Gasteiger partial charge on any atom is -0.494 e. The van der Waals surface area contributed by atoms with Crippen LogP contribution in [0.2, 0.25) is 0 Å². The first-order valence-corrected chi connectivity index (χ1v) is 7.87. The van der Waals surface area contributed by atoms with E-state index in [9.17, 15) is 4.79 Å². The second-order valence-electron chi connectivity index (χ2n) is 5.26. The standard InChI is InChI=1S/C17H28N2O2/c1-4-12-21-16-9-6-15(7-10-16)8-11-17(20)19-13-14(3)18-5-2/h6-7,9-10,14,18H,4-5,8,11-13H2,1-3H3,(H,19,20)/t14-/m1/s1. The van der Waals surface area contributed by atoms with Crippen LogP contribution in [0.1, 0.15) is 39.2 Å². The van der Waals surface area contributed by atoms with E-state index in [1.165, 1.54) is 0 Å². The number of benzene rings is 1. The number of carbonyl (C=O) groups is 1. The molecule has 0 saturated carbocycles. The molecule has 21 heavy (non-hydrogen) atoms. The maximum Gasteiger partial charge on any atom is 0.220 e. The van der Waals surface area contributed by atoms with Crippen molar-refractivity contribution >= 4 is 5.91 Å². The fourth-order valence-electron chi connectivity index (χ4n) is 2.01. The highest BCUT2D eigenvalue weighted by Gasteiger charge is 2.05. The van der Waals surface area contributed by atoms with Gasteiger partial charge in [-0.3, -0.25) is 4.79 Å². The molecule has 1 amide bonds. The van der Waals surface area contributed by atoms with Gasteiger partial charge in [-0.05, 0) is 44.0 Å². The molecule has 1 rings (SSSR count). The van der Waals surface area contributed by atoms with Crippen LogP contribution in [0, 0.1) is 0 Å². The van der Waals surface area contributed by atoms with Crippen LogP contribution in [0.3, 0.4) is 0 Å². The van der Waals surface area contributed by atoms with E-state index in [1.54, 1.807) is 0 Å². The van der Waals surface area contributed by atoms with Crippen LogP contribution >= 0.6 is 0 Å². The molecule has 0 saturated heterocycles. The Kier molecular flexibility index (Phi) is 8.51. The van der Waals surface area contributed by atoms with E-state index in [4.69, 9.17) is 4.74 Å². The molecule has 4 nitrogen and oxygen atoms in total. The van der Waals surface area contributed by atoms with Gasteiger partial charge in [0.25, 0.3) is 0 Å². The van der Waals surface area contributed by atoms with Crippen molar-refractivity contribution in [2.24, 2.45) is 0 Å². The van der Waals surface area contributed by atoms with E-state index in [-0.39, 0.29) is 5.91 Å². The summed E-state index contributed by atoms with van der Waals surface area (Å²) in [6.07, 6.45) is 2.29. The molecule has 0 aliphatic carbocycles. The number of rotatable bonds is 10. The minimum absolute atomic E-state index is 0.103. The molecule has 0 radical (unpaired) electrons. The lowest BCUT2D eigenvalue weighted by atomic mass is 10.1. The van der Waals surface area contributed by atoms with Gasteiger partial charge in [-0.15, -0.1) is 0 Å². The third kappa shape index (κ3) is 7.71. The van der Waals surface area contributed by atoms with Gasteiger partial charge >= 0.3 is 0 Å². The summed E-state index contributed by atoms with van der Waals surface area (Å²) in [6.45, 7) is 8.56. The van der Waals surface area contributed by atoms with Gasteiger partial charge in [0.1, 0.15) is 5.75 Å². The topological polar surface area (TPSA) is 50.4 Å². The highest BCUT2D eigenvalue weighted by atomic mass is 16.5. The number of hydrogen-bond acceptors (Lipinski definition) is 3. The third-order valence-electron chi connectivity index (χ3n) is 3.19. The first-order valence-electron chi connectivity index (χ1n) is 7.87. The van der Waals surface area contributed by atoms with Crippen LogP contribution in [0.15, 0.2) is 24.3 Å². The molecule has 0 aliphatic rings. The lowest BCUT2D eigenvalue weighted by Crippen LogP contribution is -2.38. The Morgan fingerprint density at radius 1 is 1.24 bits per heavy atom. The van der Waals surface area contributed by atoms with Gasteiger partial charge in [-0.25, -0.2) is 0 Å². The summed E-state index contributed by atoms with van der Waals surface area (Å²) < 4.78 is 5.54. The van der Waals surface area contributed by atoms with E-state index in [0.29, 0.717) is 19.0 Å². The van der Waals surface area contributed by atoms with E-state index < -0.39 is 0 Å². The Bertz CT molecular complexity index is 404. The molecule has 0 unspecified atom stereocenters. The number of amides is 1. The van der Waals surface area contributed by atoms with Crippen LogP contribution in [-0.2, 0) is 11.2 Å². The van der Waals surface area contributed by atoms with Crippen LogP contribution in [0.25, 0.3) is 0 Å². The van der Waals surface area contributed by atoms with Crippen molar-refractivity contribution in [3.63, 3.8) is 0 Å². The predicted octanol–water partition coefficient (Wildman–Crippen LogP) is 2.52. The van der Waals surface area contributed by atoms with Gasteiger partial charge in [0.05, 0.1) is 6.61 Å². The zero-order valence-corrected chi connectivity index (χ0v) is 13.4. The van der Waals surface area contributed by atoms with Crippen LogP contribution in [0.4, 0.5) is 0 Å². The Morgan fingerprint density at radius 3 is 2.57 bits per heavy atom. The number of ether oxygens (including phenoxy) is 1. The molecule has 1 atom stereocenters. The first kappa shape index (κ1) is 17.5. The van der Waals surface area contributed by atoms with Crippen molar-refractivity contribution in [1.82, 2.24) is 10.6 Å². The molecule has 0 bridgehead atoms. The average molecular weight is 292 g/mol. The fraction of sp³-hybridized carbons (Fsp3) is 0.588. The van der Waals surface area contributed by atoms with Crippen LogP contribution in [0.5, 0.6) is 5.75 Å². The maximum atomic E-state index is 11.8. The minimum atomic E-state index is 0.103. The number of hydrogen-bond donors (Lipinski definition) is 2. The summed E-state index contributed by atoms with van der Waals surface area (Å²) in [5.41, 5.74) is 1.16. The summed E-state index contributed by atoms with van der Waals surface area (Å²) >= 11 is 0. The molecule has 118 valence electrons. The van der Waals surface area contributed by atoms with Crippen molar-refractivity contribution in [2.75, 3.05) is 19.7 Å². The molecule has 0 heterocycles. The quantitative estimate of drug-likeness (QED) is 0.697. The molecular formula is C17H28N2O2. The lowest BCUT2D eigenvalue weighted by molar-refractivity contribution is -0.121. The van der Waals surface area contributed by atoms with Crippen molar-refractivity contribution in [3.8, 4) is 5.75 Å². The molecule has 0 aromatic heterocycles. The van der Waals surface area contributed by atoms with Gasteiger partial charge < -0.3 is 15.4 Å². The Hall–Kier alpha value is -1.55. The lowest BCUT2D eigenvalue weighted by Gasteiger charge is -2.13. The molecule has 4 heteroatoms. The van der Waals surface area contributed by atoms with E-state index >= 15 is 0 Å². The molecule has 0 fully saturated rings. The second kappa shape index (κ2) is 10.2. The average Bonchev–Trinajstić information content (AvgIpc) is 2.50. The monoisotopic (exact) mass is 292 g/mol. The molecule has 0 spiro atoms. The highest BCUT2D eigenvalue weighted by Crippen LogP contribution is 2.13. The summed E-state index contributed by atoms with van der Waals surface area (Å²) in [4.78, 5) is 11.8. The number of aryl methyl sites for hydroxylation is 1.